The van der Waals surface area contributed by atoms with E-state index in [1.807, 2.05) is 37.4 Å². The van der Waals surface area contributed by atoms with Crippen LogP contribution in [0.2, 0.25) is 0 Å². The third-order valence-corrected chi connectivity index (χ3v) is 5.49. The van der Waals surface area contributed by atoms with Crippen LogP contribution in [0.5, 0.6) is 0 Å². The topological polar surface area (TPSA) is 74.8 Å². The van der Waals surface area contributed by atoms with E-state index in [0.717, 1.165) is 16.8 Å². The number of fused-ring (bicyclic) bond motifs is 1. The molecule has 124 valence electrons. The molecule has 5 nitrogen and oxygen atoms in total. The number of hydrogen-bond acceptors (Lipinski definition) is 5. The Bertz CT molecular complexity index is 942. The van der Waals surface area contributed by atoms with Crippen LogP contribution in [-0.4, -0.2) is 21.1 Å². The Morgan fingerprint density at radius 1 is 1.29 bits per heavy atom. The predicted molar refractivity (Wildman–Crippen MR) is 100 cm³/mol. The molecule has 0 saturated carbocycles. The predicted octanol–water partition coefficient (Wildman–Crippen LogP) is 3.72. The number of hydrogen-bond donors (Lipinski definition) is 2. The van der Waals surface area contributed by atoms with E-state index >= 15 is 0 Å². The second-order valence-corrected chi connectivity index (χ2v) is 7.75. The molecule has 1 aromatic carbocycles. The van der Waals surface area contributed by atoms with E-state index in [1.54, 1.807) is 13.0 Å². The second kappa shape index (κ2) is 6.78. The minimum atomic E-state index is -0.385. The SMILES string of the molecule is Cc1cccc(C)c1NC(=O)[C@H](C)Sc1nc2sccc2c(=O)[nH]1. The lowest BCUT2D eigenvalue weighted by atomic mass is 10.1. The van der Waals surface area contributed by atoms with Crippen LogP contribution in [0, 0.1) is 13.8 Å². The number of nitrogens with zero attached hydrogens (tertiary/aromatic N) is 1. The van der Waals surface area contributed by atoms with Gasteiger partial charge in [0.1, 0.15) is 4.83 Å². The van der Waals surface area contributed by atoms with Gasteiger partial charge in [-0.3, -0.25) is 9.59 Å². The number of amides is 1. The van der Waals surface area contributed by atoms with Crippen LogP contribution in [0.1, 0.15) is 18.1 Å². The van der Waals surface area contributed by atoms with E-state index in [1.165, 1.54) is 23.1 Å². The summed E-state index contributed by atoms with van der Waals surface area (Å²) in [6.45, 7) is 5.72. The highest BCUT2D eigenvalue weighted by atomic mass is 32.2. The van der Waals surface area contributed by atoms with Gasteiger partial charge in [0.25, 0.3) is 5.56 Å². The average Bonchev–Trinajstić information content (AvgIpc) is 3.00. The number of carbonyl (C=O) groups is 1. The van der Waals surface area contributed by atoms with Gasteiger partial charge in [-0.1, -0.05) is 30.0 Å². The van der Waals surface area contributed by atoms with Gasteiger partial charge >= 0.3 is 0 Å². The molecule has 0 radical (unpaired) electrons. The maximum atomic E-state index is 12.5. The van der Waals surface area contributed by atoms with E-state index in [9.17, 15) is 9.59 Å². The van der Waals surface area contributed by atoms with Crippen LogP contribution in [0.15, 0.2) is 39.6 Å². The first kappa shape index (κ1) is 16.7. The van der Waals surface area contributed by atoms with E-state index in [0.29, 0.717) is 15.4 Å². The van der Waals surface area contributed by atoms with Crippen molar-refractivity contribution in [2.45, 2.75) is 31.2 Å². The number of thioether (sulfide) groups is 1. The Balaban J connectivity index is 1.77. The maximum absolute atomic E-state index is 12.5. The number of aromatic amines is 1. The van der Waals surface area contributed by atoms with E-state index in [-0.39, 0.29) is 16.7 Å². The zero-order valence-corrected chi connectivity index (χ0v) is 15.2. The van der Waals surface area contributed by atoms with Crippen molar-refractivity contribution in [3.8, 4) is 0 Å². The second-order valence-electron chi connectivity index (χ2n) is 5.53. The summed E-state index contributed by atoms with van der Waals surface area (Å²) in [5, 5.41) is 5.45. The van der Waals surface area contributed by atoms with E-state index in [2.05, 4.69) is 15.3 Å². The van der Waals surface area contributed by atoms with Gasteiger partial charge in [-0.05, 0) is 43.3 Å². The van der Waals surface area contributed by atoms with E-state index < -0.39 is 0 Å². The number of para-hydroxylation sites is 1. The van der Waals surface area contributed by atoms with Crippen LogP contribution in [0.25, 0.3) is 10.2 Å². The molecule has 0 bridgehead atoms. The normalized spacial score (nSPS) is 12.3. The fourth-order valence-electron chi connectivity index (χ4n) is 2.36. The van der Waals surface area contributed by atoms with Gasteiger partial charge < -0.3 is 10.3 Å². The van der Waals surface area contributed by atoms with Crippen LogP contribution in [-0.2, 0) is 4.79 Å². The number of benzene rings is 1. The number of aromatic nitrogens is 2. The molecule has 7 heteroatoms. The largest absolute Gasteiger partial charge is 0.325 e. The third kappa shape index (κ3) is 3.37. The highest BCUT2D eigenvalue weighted by Crippen LogP contribution is 2.25. The number of rotatable bonds is 4. The van der Waals surface area contributed by atoms with Crippen molar-refractivity contribution in [2.24, 2.45) is 0 Å². The zero-order chi connectivity index (χ0) is 17.3. The number of anilines is 1. The molecule has 2 heterocycles. The van der Waals surface area contributed by atoms with Gasteiger partial charge in [-0.25, -0.2) is 4.98 Å². The molecule has 2 aromatic heterocycles. The molecule has 0 unspecified atom stereocenters. The monoisotopic (exact) mass is 359 g/mol. The summed E-state index contributed by atoms with van der Waals surface area (Å²) in [5.41, 5.74) is 2.70. The lowest BCUT2D eigenvalue weighted by Gasteiger charge is -2.15. The maximum Gasteiger partial charge on any atom is 0.260 e. The fourth-order valence-corrected chi connectivity index (χ4v) is 3.98. The molecule has 0 aliphatic heterocycles. The van der Waals surface area contributed by atoms with Crippen LogP contribution in [0.3, 0.4) is 0 Å². The van der Waals surface area contributed by atoms with Crippen LogP contribution >= 0.6 is 23.1 Å². The smallest absolute Gasteiger partial charge is 0.260 e. The van der Waals surface area contributed by atoms with Crippen molar-refractivity contribution in [1.82, 2.24) is 9.97 Å². The molecule has 0 spiro atoms. The molecular weight excluding hydrogens is 342 g/mol. The number of H-pyrrole nitrogens is 1. The van der Waals surface area contributed by atoms with Gasteiger partial charge in [-0.15, -0.1) is 11.3 Å². The Morgan fingerprint density at radius 2 is 2.00 bits per heavy atom. The van der Waals surface area contributed by atoms with Gasteiger partial charge in [0.2, 0.25) is 5.91 Å². The minimum absolute atomic E-state index is 0.119. The van der Waals surface area contributed by atoms with Gasteiger partial charge in [0.05, 0.1) is 10.6 Å². The summed E-state index contributed by atoms with van der Waals surface area (Å²) in [7, 11) is 0. The number of nitrogens with one attached hydrogen (secondary N) is 2. The average molecular weight is 359 g/mol. The first-order valence-corrected chi connectivity index (χ1v) is 9.23. The molecule has 1 atom stereocenters. The number of aryl methyl sites for hydroxylation is 2. The van der Waals surface area contributed by atoms with Crippen molar-refractivity contribution >= 4 is 44.9 Å². The number of carbonyl (C=O) groups excluding carboxylic acids is 1. The Hall–Kier alpha value is -2.12. The molecular formula is C17H17N3O2S2. The van der Waals surface area contributed by atoms with Gasteiger partial charge in [0, 0.05) is 5.69 Å². The molecule has 0 fully saturated rings. The quantitative estimate of drug-likeness (QED) is 0.550. The first-order chi connectivity index (χ1) is 11.5. The summed E-state index contributed by atoms with van der Waals surface area (Å²) in [6, 6.07) is 7.63. The molecule has 0 aliphatic carbocycles. The summed E-state index contributed by atoms with van der Waals surface area (Å²) >= 11 is 2.66. The van der Waals surface area contributed by atoms with Crippen molar-refractivity contribution in [2.75, 3.05) is 5.32 Å². The summed E-state index contributed by atoms with van der Waals surface area (Å²) < 4.78 is 0. The summed E-state index contributed by atoms with van der Waals surface area (Å²) in [4.78, 5) is 32.3. The Labute approximate surface area is 147 Å². The summed E-state index contributed by atoms with van der Waals surface area (Å²) in [5.74, 6) is -0.119. The molecule has 0 saturated heterocycles. The highest BCUT2D eigenvalue weighted by molar-refractivity contribution is 8.00. The van der Waals surface area contributed by atoms with E-state index in [4.69, 9.17) is 0 Å². The Morgan fingerprint density at radius 3 is 2.71 bits per heavy atom. The van der Waals surface area contributed by atoms with Crippen molar-refractivity contribution in [1.29, 1.82) is 0 Å². The van der Waals surface area contributed by atoms with Gasteiger partial charge in [-0.2, -0.15) is 0 Å². The summed E-state index contributed by atoms with van der Waals surface area (Å²) in [6.07, 6.45) is 0. The van der Waals surface area contributed by atoms with Gasteiger partial charge in [0.15, 0.2) is 5.16 Å². The fraction of sp³-hybridized carbons (Fsp3) is 0.235. The lowest BCUT2D eigenvalue weighted by molar-refractivity contribution is -0.115. The molecule has 0 aliphatic rings. The Kier molecular flexibility index (Phi) is 4.73. The molecule has 1 amide bonds. The van der Waals surface area contributed by atoms with Crippen LogP contribution < -0.4 is 10.9 Å². The minimum Gasteiger partial charge on any atom is -0.325 e. The van der Waals surface area contributed by atoms with Crippen molar-refractivity contribution in [3.05, 3.63) is 51.1 Å². The zero-order valence-electron chi connectivity index (χ0n) is 13.5. The number of thiophene rings is 1. The molecule has 24 heavy (non-hydrogen) atoms. The van der Waals surface area contributed by atoms with Crippen molar-refractivity contribution in [3.63, 3.8) is 0 Å². The van der Waals surface area contributed by atoms with Crippen LogP contribution in [0.4, 0.5) is 5.69 Å². The van der Waals surface area contributed by atoms with Crippen molar-refractivity contribution < 1.29 is 4.79 Å². The first-order valence-electron chi connectivity index (χ1n) is 7.47. The molecule has 2 N–H and O–H groups in total. The standard InChI is InChI=1S/C17H17N3O2S2/c1-9-5-4-6-10(2)13(9)18-14(21)11(3)24-17-19-15(22)12-7-8-23-16(12)20-17/h4-8,11H,1-3H3,(H,18,21)(H,19,20,22)/t11-/m0/s1. The lowest BCUT2D eigenvalue weighted by Crippen LogP contribution is -2.24. The molecule has 3 rings (SSSR count). The third-order valence-electron chi connectivity index (χ3n) is 3.70. The highest BCUT2D eigenvalue weighted by Gasteiger charge is 2.18. The molecule has 3 aromatic rings.